The van der Waals surface area contributed by atoms with Gasteiger partial charge in [0.25, 0.3) is 11.8 Å². The predicted octanol–water partition coefficient (Wildman–Crippen LogP) is 6.85. The number of carbonyl (C=O) groups is 4. The molecule has 0 radical (unpaired) electrons. The first kappa shape index (κ1) is 61.3. The number of hydrogen-bond acceptors (Lipinski definition) is 22. The quantitative estimate of drug-likeness (QED) is 0.0848. The highest BCUT2D eigenvalue weighted by Gasteiger charge is 2.67. The van der Waals surface area contributed by atoms with E-state index < -0.39 is 110 Å². The first-order valence-electron chi connectivity index (χ1n) is 26.9. The van der Waals surface area contributed by atoms with Gasteiger partial charge in [-0.25, -0.2) is 8.78 Å². The fourth-order valence-corrected chi connectivity index (χ4v) is 13.2. The van der Waals surface area contributed by atoms with Crippen LogP contribution in [0.15, 0.2) is 99.1 Å². The molecule has 448 valence electrons. The monoisotopic (exact) mass is 1180 g/mol. The van der Waals surface area contributed by atoms with E-state index in [2.05, 4.69) is 10.3 Å². The number of carbonyl (C=O) groups excluding carboxylic acids is 8. The van der Waals surface area contributed by atoms with E-state index in [-0.39, 0.29) is 113 Å². The molecule has 2 saturated carbocycles. The van der Waals surface area contributed by atoms with Crippen molar-refractivity contribution in [2.24, 2.45) is 23.7 Å². The maximum atomic E-state index is 15.2. The van der Waals surface area contributed by atoms with E-state index in [1.807, 2.05) is 60.7 Å². The number of ketones is 4. The average Bonchev–Trinajstić information content (AvgIpc) is 1.08. The van der Waals surface area contributed by atoms with Crippen molar-refractivity contribution in [2.75, 3.05) is 28.2 Å². The molecule has 6 aliphatic rings. The minimum atomic E-state index is -2.56. The molecule has 86 heavy (non-hydrogen) atoms. The smallest absolute Gasteiger partial charge is 0.373 e. The molecule has 6 aliphatic carbocycles. The number of rotatable bonds is 8. The third kappa shape index (κ3) is 10.1. The Kier molecular flexibility index (Phi) is 16.6. The molecule has 8 atom stereocenters. The summed E-state index contributed by atoms with van der Waals surface area (Å²) in [6, 6.07) is 20.3. The lowest BCUT2D eigenvalue weighted by Gasteiger charge is -2.49. The van der Waals surface area contributed by atoms with Crippen molar-refractivity contribution in [3.8, 4) is 23.3 Å². The fourth-order valence-electron chi connectivity index (χ4n) is 13.2. The molecule has 2 fully saturated rings. The molecule has 0 spiro atoms. The second-order valence-electron chi connectivity index (χ2n) is 23.2. The van der Waals surface area contributed by atoms with Crippen LogP contribution < -0.4 is 9.47 Å². The van der Waals surface area contributed by atoms with E-state index in [4.69, 9.17) is 37.7 Å². The lowest BCUT2D eigenvalue weighted by atomic mass is 9.57. The fraction of sp³-hybridized carbons (Fsp3) is 0.355. The van der Waals surface area contributed by atoms with Crippen LogP contribution in [0.1, 0.15) is 117 Å². The van der Waals surface area contributed by atoms with Crippen molar-refractivity contribution >= 4 is 47.0 Å². The zero-order valence-corrected chi connectivity index (χ0v) is 47.3. The summed E-state index contributed by atoms with van der Waals surface area (Å²) in [5.41, 5.74) is -4.24. The molecular formula is C62H58F2N4O18. The number of phenolic OH excluding ortho intramolecular Hbond substituents is 2. The third-order valence-corrected chi connectivity index (χ3v) is 16.7. The summed E-state index contributed by atoms with van der Waals surface area (Å²) in [6.07, 6.45) is 0.999. The molecule has 0 saturated heterocycles. The van der Waals surface area contributed by atoms with Crippen molar-refractivity contribution in [3.05, 3.63) is 163 Å². The van der Waals surface area contributed by atoms with Gasteiger partial charge >= 0.3 is 12.3 Å². The first-order chi connectivity index (χ1) is 40.7. The van der Waals surface area contributed by atoms with Crippen LogP contribution in [0, 0.1) is 35.3 Å². The number of aromatic hydroxyl groups is 2. The molecule has 0 bridgehead atoms. The molecular weight excluding hydrogens is 1130 g/mol. The van der Waals surface area contributed by atoms with Crippen molar-refractivity contribution in [1.29, 1.82) is 0 Å². The van der Waals surface area contributed by atoms with Gasteiger partial charge in [-0.05, 0) is 116 Å². The van der Waals surface area contributed by atoms with Crippen LogP contribution in [0.5, 0.6) is 23.3 Å². The molecule has 0 aliphatic heterocycles. The molecule has 6 N–H and O–H groups in total. The minimum Gasteiger partial charge on any atom is -0.507 e. The Morgan fingerprint density at radius 3 is 1.40 bits per heavy atom. The SMILES string of the molecule is CN(C)[C@@H]1c2onc(OCc3ccccc3)c2C(=O)[C@@]2(O)C(=O)C3=C(O)c4c(O)cc(F)cc4C[C@H]3C[C@@H]12.CN(C)[C@@H]1c2onc(OCc3ccccc3)c2C(=O)[C@@]2(O)C(=O)C3=C(O)c4c(cc(F)c(C(C)(C)C)c4O)C[C@H]3C[C@@H]12.O=C=O.O=C=O. The van der Waals surface area contributed by atoms with E-state index in [0.717, 1.165) is 17.2 Å². The summed E-state index contributed by atoms with van der Waals surface area (Å²) >= 11 is 0. The van der Waals surface area contributed by atoms with Gasteiger partial charge in [0.15, 0.2) is 22.7 Å². The maximum absolute atomic E-state index is 15.2. The summed E-state index contributed by atoms with van der Waals surface area (Å²) in [4.78, 5) is 92.2. The number of benzene rings is 4. The Morgan fingerprint density at radius 2 is 1.00 bits per heavy atom. The van der Waals surface area contributed by atoms with Gasteiger partial charge in [-0.15, -0.1) is 0 Å². The van der Waals surface area contributed by atoms with Gasteiger partial charge in [0.05, 0.1) is 23.2 Å². The molecule has 22 nitrogen and oxygen atoms in total. The van der Waals surface area contributed by atoms with Crippen LogP contribution in [-0.2, 0) is 60.2 Å². The topological polar surface area (TPSA) is 335 Å². The summed E-state index contributed by atoms with van der Waals surface area (Å²) < 4.78 is 52.1. The van der Waals surface area contributed by atoms with E-state index in [1.165, 1.54) is 12.1 Å². The van der Waals surface area contributed by atoms with Crippen LogP contribution in [-0.4, -0.2) is 126 Å². The zero-order chi connectivity index (χ0) is 62.6. The lowest BCUT2D eigenvalue weighted by molar-refractivity contribution is -0.193. The first-order valence-corrected chi connectivity index (χ1v) is 26.9. The Labute approximate surface area is 488 Å². The van der Waals surface area contributed by atoms with Gasteiger partial charge in [-0.3, -0.25) is 29.0 Å². The van der Waals surface area contributed by atoms with Gasteiger partial charge in [-0.1, -0.05) is 81.4 Å². The molecule has 0 amide bonds. The van der Waals surface area contributed by atoms with Gasteiger partial charge < -0.3 is 49.2 Å². The number of Topliss-reactive ketones (excluding diaryl/α,β-unsaturated/α-hetero) is 4. The van der Waals surface area contributed by atoms with Gasteiger partial charge in [-0.2, -0.15) is 19.2 Å². The van der Waals surface area contributed by atoms with Crippen LogP contribution in [0.25, 0.3) is 11.5 Å². The lowest BCUT2D eigenvalue weighted by Crippen LogP contribution is -2.63. The molecule has 2 aromatic heterocycles. The van der Waals surface area contributed by atoms with Crippen LogP contribution >= 0.6 is 0 Å². The van der Waals surface area contributed by atoms with Gasteiger partial charge in [0.2, 0.25) is 23.1 Å². The Balaban J connectivity index is 0.000000189. The summed E-state index contributed by atoms with van der Waals surface area (Å²) in [7, 11) is 6.94. The normalized spacial score (nSPS) is 24.0. The maximum Gasteiger partial charge on any atom is 0.373 e. The van der Waals surface area contributed by atoms with E-state index in [1.54, 1.807) is 58.8 Å². The number of phenols is 2. The minimum absolute atomic E-state index is 0.00225. The number of hydrogen-bond donors (Lipinski definition) is 6. The zero-order valence-electron chi connectivity index (χ0n) is 47.3. The summed E-state index contributed by atoms with van der Waals surface area (Å²) in [5.74, 6) is -10.2. The molecule has 24 heteroatoms. The van der Waals surface area contributed by atoms with Crippen LogP contribution in [0.2, 0.25) is 0 Å². The Morgan fingerprint density at radius 1 is 0.605 bits per heavy atom. The second-order valence-corrected chi connectivity index (χ2v) is 23.2. The molecule has 6 aromatic rings. The van der Waals surface area contributed by atoms with E-state index in [9.17, 15) is 54.2 Å². The standard InChI is InChI=1S/C32H33FN2O7.C28H25FN2O7.2CO2/c1-31(2,3)23-19(33)13-17-11-16-12-18-24(35(4)5)27-22(30(34-42-27)41-14-15-9-7-6-8-10-15)29(39)32(18,40)28(38)21(16)25(36)20(17)26(23)37;1-31(2)22-17-10-15-8-14-9-16(29)11-18(32)19(14)23(33)20(15)25(34)28(17,36)26(35)21-24(22)38-30-27(21)37-12-13-6-4-3-5-7-13;2*2-1-3/h6-10,13,16,18,24,36-37,40H,11-12,14H2,1-5H3;3-7,9,11,15,17,22,32-33,36H,8,10,12H2,1-2H3;;/t16-,18-,24-,32-;15-,17-,22-,28-;;/m00../s1. The number of aliphatic hydroxyl groups is 4. The van der Waals surface area contributed by atoms with Gasteiger partial charge in [0, 0.05) is 34.6 Å². The van der Waals surface area contributed by atoms with Crippen molar-refractivity contribution in [2.45, 2.75) is 88.4 Å². The highest BCUT2D eigenvalue weighted by molar-refractivity contribution is 6.27. The second kappa shape index (κ2) is 23.3. The number of ether oxygens (including phenoxy) is 2. The molecule has 0 unspecified atom stereocenters. The predicted molar refractivity (Wildman–Crippen MR) is 291 cm³/mol. The van der Waals surface area contributed by atoms with Gasteiger partial charge in [0.1, 0.15) is 59.0 Å². The summed E-state index contributed by atoms with van der Waals surface area (Å²) in [6.45, 7) is 5.33. The Hall–Kier alpha value is -9.28. The molecule has 4 aromatic carbocycles. The van der Waals surface area contributed by atoms with E-state index >= 15 is 4.39 Å². The molecule has 2 heterocycles. The number of aliphatic hydroxyl groups excluding tert-OH is 2. The number of fused-ring (bicyclic) bond motifs is 8. The Bertz CT molecular complexity index is 3840. The highest BCUT2D eigenvalue weighted by atomic mass is 19.1. The van der Waals surface area contributed by atoms with Crippen LogP contribution in [0.3, 0.4) is 0 Å². The van der Waals surface area contributed by atoms with Crippen molar-refractivity contribution in [1.82, 2.24) is 20.1 Å². The summed E-state index contributed by atoms with van der Waals surface area (Å²) in [5, 5.41) is 76.0. The highest BCUT2D eigenvalue weighted by Crippen LogP contribution is 2.58. The number of halogens is 2. The number of nitrogens with zero attached hydrogens (tertiary/aromatic N) is 4. The third-order valence-electron chi connectivity index (χ3n) is 16.7. The van der Waals surface area contributed by atoms with Crippen molar-refractivity contribution in [3.63, 3.8) is 0 Å². The van der Waals surface area contributed by atoms with E-state index in [0.29, 0.717) is 11.1 Å². The van der Waals surface area contributed by atoms with Crippen molar-refractivity contribution < 1.29 is 96.3 Å². The molecule has 12 rings (SSSR count). The average molecular weight is 1190 g/mol. The van der Waals surface area contributed by atoms with Crippen LogP contribution in [0.4, 0.5) is 8.78 Å². The number of aromatic nitrogens is 2. The largest absolute Gasteiger partial charge is 0.507 e.